The zero-order valence-corrected chi connectivity index (χ0v) is 12.5. The van der Waals surface area contributed by atoms with E-state index in [1.165, 1.54) is 11.1 Å². The summed E-state index contributed by atoms with van der Waals surface area (Å²) in [7, 11) is 0. The van der Waals surface area contributed by atoms with Crippen molar-refractivity contribution in [3.63, 3.8) is 0 Å². The third-order valence-corrected chi connectivity index (χ3v) is 3.96. The van der Waals surface area contributed by atoms with Gasteiger partial charge in [0.2, 0.25) is 0 Å². The van der Waals surface area contributed by atoms with Crippen LogP contribution >= 0.6 is 23.2 Å². The largest absolute Gasteiger partial charge is 0.493 e. The monoisotopic (exact) mass is 307 g/mol. The summed E-state index contributed by atoms with van der Waals surface area (Å²) in [6.45, 7) is 1.64. The molecule has 1 aliphatic rings. The average molecular weight is 308 g/mol. The van der Waals surface area contributed by atoms with Crippen molar-refractivity contribution in [3.8, 4) is 5.75 Å². The summed E-state index contributed by atoms with van der Waals surface area (Å²) in [6, 6.07) is 11.9. The van der Waals surface area contributed by atoms with E-state index in [0.717, 1.165) is 37.4 Å². The molecule has 0 spiro atoms. The summed E-state index contributed by atoms with van der Waals surface area (Å²) in [6.07, 6.45) is 1.96. The highest BCUT2D eigenvalue weighted by Crippen LogP contribution is 2.27. The number of anilines is 1. The minimum absolute atomic E-state index is 0.652. The second-order valence-electron chi connectivity index (χ2n) is 4.84. The van der Waals surface area contributed by atoms with Crippen LogP contribution in [-0.2, 0) is 12.8 Å². The van der Waals surface area contributed by atoms with Crippen molar-refractivity contribution in [2.24, 2.45) is 0 Å². The van der Waals surface area contributed by atoms with Gasteiger partial charge in [0.15, 0.2) is 0 Å². The van der Waals surface area contributed by atoms with Crippen LogP contribution in [-0.4, -0.2) is 13.2 Å². The lowest BCUT2D eigenvalue weighted by atomic mass is 10.1. The molecule has 20 heavy (non-hydrogen) atoms. The number of rotatable bonds is 4. The molecule has 0 bridgehead atoms. The molecule has 104 valence electrons. The highest BCUT2D eigenvalue weighted by Gasteiger charge is 2.11. The lowest BCUT2D eigenvalue weighted by Crippen LogP contribution is -2.05. The van der Waals surface area contributed by atoms with Crippen LogP contribution < -0.4 is 10.1 Å². The van der Waals surface area contributed by atoms with E-state index in [-0.39, 0.29) is 0 Å². The van der Waals surface area contributed by atoms with Gasteiger partial charge in [-0.25, -0.2) is 0 Å². The zero-order valence-electron chi connectivity index (χ0n) is 11.0. The molecule has 0 radical (unpaired) electrons. The lowest BCUT2D eigenvalue weighted by molar-refractivity contribution is 0.357. The fourth-order valence-electron chi connectivity index (χ4n) is 2.37. The van der Waals surface area contributed by atoms with Gasteiger partial charge in [-0.1, -0.05) is 35.3 Å². The van der Waals surface area contributed by atoms with Crippen LogP contribution in [0.3, 0.4) is 0 Å². The first-order valence-electron chi connectivity index (χ1n) is 6.66. The zero-order chi connectivity index (χ0) is 13.9. The number of benzene rings is 2. The predicted molar refractivity (Wildman–Crippen MR) is 84.3 cm³/mol. The molecule has 4 heteroatoms. The third-order valence-electron chi connectivity index (χ3n) is 3.41. The number of halogens is 2. The van der Waals surface area contributed by atoms with Crippen molar-refractivity contribution in [1.82, 2.24) is 0 Å². The molecule has 1 aliphatic heterocycles. The molecule has 0 unspecified atom stereocenters. The standard InChI is InChI=1S/C16H15Cl2NO/c17-13-2-3-15(14(18)10-13)19-7-5-11-1-4-16-12(9-11)6-8-20-16/h1-4,9-10,19H,5-8H2. The summed E-state index contributed by atoms with van der Waals surface area (Å²) in [4.78, 5) is 0. The Morgan fingerprint density at radius 3 is 2.85 bits per heavy atom. The molecule has 2 nitrogen and oxygen atoms in total. The Morgan fingerprint density at radius 1 is 1.10 bits per heavy atom. The van der Waals surface area contributed by atoms with Crippen LogP contribution in [0.15, 0.2) is 36.4 Å². The molecule has 0 amide bonds. The lowest BCUT2D eigenvalue weighted by Gasteiger charge is -2.09. The summed E-state index contributed by atoms with van der Waals surface area (Å²) < 4.78 is 5.51. The smallest absolute Gasteiger partial charge is 0.122 e. The van der Waals surface area contributed by atoms with Crippen LogP contribution in [0.2, 0.25) is 10.0 Å². The molecular formula is C16H15Cl2NO. The Bertz CT molecular complexity index is 628. The van der Waals surface area contributed by atoms with Gasteiger partial charge in [0.25, 0.3) is 0 Å². The molecule has 2 aromatic carbocycles. The third kappa shape index (κ3) is 3.02. The molecule has 3 rings (SSSR count). The van der Waals surface area contributed by atoms with E-state index in [1.54, 1.807) is 6.07 Å². The van der Waals surface area contributed by atoms with Gasteiger partial charge < -0.3 is 10.1 Å². The Morgan fingerprint density at radius 2 is 2.00 bits per heavy atom. The molecule has 0 saturated heterocycles. The molecule has 0 atom stereocenters. The fraction of sp³-hybridized carbons (Fsp3) is 0.250. The van der Waals surface area contributed by atoms with E-state index >= 15 is 0 Å². The molecule has 1 heterocycles. The van der Waals surface area contributed by atoms with Crippen LogP contribution in [0, 0.1) is 0 Å². The molecule has 0 fully saturated rings. The van der Waals surface area contributed by atoms with Gasteiger partial charge in [-0.2, -0.15) is 0 Å². The number of hydrogen-bond donors (Lipinski definition) is 1. The van der Waals surface area contributed by atoms with Gasteiger partial charge in [0.1, 0.15) is 5.75 Å². The van der Waals surface area contributed by atoms with Crippen LogP contribution in [0.4, 0.5) is 5.69 Å². The number of hydrogen-bond acceptors (Lipinski definition) is 2. The minimum Gasteiger partial charge on any atom is -0.493 e. The topological polar surface area (TPSA) is 21.3 Å². The van der Waals surface area contributed by atoms with Gasteiger partial charge >= 0.3 is 0 Å². The summed E-state index contributed by atoms with van der Waals surface area (Å²) >= 11 is 12.0. The van der Waals surface area contributed by atoms with Gasteiger partial charge in [0, 0.05) is 18.0 Å². The van der Waals surface area contributed by atoms with Crippen molar-refractivity contribution in [2.45, 2.75) is 12.8 Å². The Kier molecular flexibility index (Phi) is 4.04. The molecule has 0 aromatic heterocycles. The SMILES string of the molecule is Clc1ccc(NCCc2ccc3c(c2)CCO3)c(Cl)c1. The van der Waals surface area contributed by atoms with Crippen molar-refractivity contribution in [2.75, 3.05) is 18.5 Å². The molecule has 0 saturated carbocycles. The normalized spacial score (nSPS) is 12.9. The van der Waals surface area contributed by atoms with Crippen molar-refractivity contribution >= 4 is 28.9 Å². The molecule has 0 aliphatic carbocycles. The van der Waals surface area contributed by atoms with E-state index in [1.807, 2.05) is 12.1 Å². The van der Waals surface area contributed by atoms with Crippen molar-refractivity contribution in [1.29, 1.82) is 0 Å². The van der Waals surface area contributed by atoms with Crippen LogP contribution in [0.25, 0.3) is 0 Å². The maximum absolute atomic E-state index is 6.12. The second-order valence-corrected chi connectivity index (χ2v) is 5.69. The Labute approximate surface area is 128 Å². The van der Waals surface area contributed by atoms with Gasteiger partial charge in [-0.15, -0.1) is 0 Å². The highest BCUT2D eigenvalue weighted by molar-refractivity contribution is 6.36. The van der Waals surface area contributed by atoms with Crippen LogP contribution in [0.5, 0.6) is 5.75 Å². The molecular weight excluding hydrogens is 293 g/mol. The minimum atomic E-state index is 0.652. The van der Waals surface area contributed by atoms with E-state index in [9.17, 15) is 0 Å². The quantitative estimate of drug-likeness (QED) is 0.892. The fourth-order valence-corrected chi connectivity index (χ4v) is 2.85. The number of fused-ring (bicyclic) bond motifs is 1. The second kappa shape index (κ2) is 5.94. The average Bonchev–Trinajstić information content (AvgIpc) is 2.89. The van der Waals surface area contributed by atoms with E-state index in [4.69, 9.17) is 27.9 Å². The molecule has 2 aromatic rings. The first-order valence-corrected chi connectivity index (χ1v) is 7.41. The Balaban J connectivity index is 1.60. The summed E-state index contributed by atoms with van der Waals surface area (Å²) in [5.41, 5.74) is 3.54. The van der Waals surface area contributed by atoms with Crippen LogP contribution in [0.1, 0.15) is 11.1 Å². The first kappa shape index (κ1) is 13.6. The van der Waals surface area contributed by atoms with E-state index < -0.39 is 0 Å². The number of nitrogens with one attached hydrogen (secondary N) is 1. The summed E-state index contributed by atoms with van der Waals surface area (Å²) in [5.74, 6) is 1.03. The van der Waals surface area contributed by atoms with Gasteiger partial charge in [-0.05, 0) is 41.8 Å². The highest BCUT2D eigenvalue weighted by atomic mass is 35.5. The first-order chi connectivity index (χ1) is 9.72. The van der Waals surface area contributed by atoms with E-state index in [2.05, 4.69) is 23.5 Å². The van der Waals surface area contributed by atoms with Crippen molar-refractivity contribution < 1.29 is 4.74 Å². The molecule has 1 N–H and O–H groups in total. The van der Waals surface area contributed by atoms with E-state index in [0.29, 0.717) is 10.0 Å². The Hall–Kier alpha value is -1.38. The van der Waals surface area contributed by atoms with Gasteiger partial charge in [0.05, 0.1) is 17.3 Å². The predicted octanol–water partition coefficient (Wildman–Crippen LogP) is 4.58. The summed E-state index contributed by atoms with van der Waals surface area (Å²) in [5, 5.41) is 4.64. The maximum Gasteiger partial charge on any atom is 0.122 e. The number of ether oxygens (including phenoxy) is 1. The van der Waals surface area contributed by atoms with Gasteiger partial charge in [-0.3, -0.25) is 0 Å². The maximum atomic E-state index is 6.12. The van der Waals surface area contributed by atoms with Crippen molar-refractivity contribution in [3.05, 3.63) is 57.6 Å².